The lowest BCUT2D eigenvalue weighted by Crippen LogP contribution is -2.36. The van der Waals surface area contributed by atoms with Crippen molar-refractivity contribution >= 4 is 0 Å². The fraction of sp³-hybridized carbons (Fsp3) is 1.00. The highest BCUT2D eigenvalue weighted by Crippen LogP contribution is 2.01. The molecule has 2 N–H and O–H groups in total. The number of hydrogen-bond donors (Lipinski definition) is 1. The number of rotatable bonds is 8. The second-order valence-corrected chi connectivity index (χ2v) is 3.25. The molecule has 80 valence electrons. The molecule has 0 aliphatic carbocycles. The molecule has 0 aliphatic heterocycles. The summed E-state index contributed by atoms with van der Waals surface area (Å²) in [5.41, 5.74) is 5.52. The third kappa shape index (κ3) is 6.02. The van der Waals surface area contributed by atoms with Crippen LogP contribution in [0.15, 0.2) is 0 Å². The highest BCUT2D eigenvalue weighted by atomic mass is 16.5. The van der Waals surface area contributed by atoms with Crippen LogP contribution >= 0.6 is 0 Å². The van der Waals surface area contributed by atoms with Gasteiger partial charge in [0, 0.05) is 19.2 Å². The fourth-order valence-corrected chi connectivity index (χ4v) is 1.44. The van der Waals surface area contributed by atoms with Gasteiger partial charge in [0.2, 0.25) is 0 Å². The fourth-order valence-electron chi connectivity index (χ4n) is 1.44. The molecule has 13 heavy (non-hydrogen) atoms. The summed E-state index contributed by atoms with van der Waals surface area (Å²) >= 11 is 0. The molecule has 0 aromatic rings. The lowest BCUT2D eigenvalue weighted by Gasteiger charge is -2.27. The van der Waals surface area contributed by atoms with Gasteiger partial charge in [-0.3, -0.25) is 4.90 Å². The molecular weight excluding hydrogens is 164 g/mol. The summed E-state index contributed by atoms with van der Waals surface area (Å²) in [5, 5.41) is 0. The molecule has 0 aliphatic rings. The predicted octanol–water partition coefficient (Wildman–Crippen LogP) is 1.08. The second-order valence-electron chi connectivity index (χ2n) is 3.25. The lowest BCUT2D eigenvalue weighted by molar-refractivity contribution is 0.0987. The molecule has 0 bridgehead atoms. The maximum Gasteiger partial charge on any atom is 0.0593 e. The van der Waals surface area contributed by atoms with E-state index in [9.17, 15) is 0 Å². The quantitative estimate of drug-likeness (QED) is 0.579. The zero-order chi connectivity index (χ0) is 10.1. The van der Waals surface area contributed by atoms with Crippen LogP contribution in [0.3, 0.4) is 0 Å². The summed E-state index contributed by atoms with van der Waals surface area (Å²) < 4.78 is 5.32. The van der Waals surface area contributed by atoms with E-state index in [1.165, 1.54) is 0 Å². The van der Waals surface area contributed by atoms with Crippen LogP contribution in [-0.4, -0.2) is 43.8 Å². The van der Waals surface area contributed by atoms with Crippen molar-refractivity contribution in [2.75, 3.05) is 32.8 Å². The highest BCUT2D eigenvalue weighted by molar-refractivity contribution is 4.65. The minimum absolute atomic E-state index is 0.579. The molecule has 0 aromatic heterocycles. The third-order valence-corrected chi connectivity index (χ3v) is 2.34. The molecule has 0 rings (SSSR count). The number of likely N-dealkylation sites (N-methyl/N-ethyl adjacent to an activating group) is 1. The van der Waals surface area contributed by atoms with E-state index in [4.69, 9.17) is 10.5 Å². The van der Waals surface area contributed by atoms with Crippen molar-refractivity contribution in [3.05, 3.63) is 0 Å². The Morgan fingerprint density at radius 1 is 1.38 bits per heavy atom. The molecule has 0 spiro atoms. The van der Waals surface area contributed by atoms with E-state index >= 15 is 0 Å². The first-order valence-corrected chi connectivity index (χ1v) is 5.28. The average molecular weight is 188 g/mol. The van der Waals surface area contributed by atoms with Crippen LogP contribution < -0.4 is 5.73 Å². The smallest absolute Gasteiger partial charge is 0.0593 e. The van der Waals surface area contributed by atoms with Gasteiger partial charge in [-0.25, -0.2) is 0 Å². The Labute approximate surface area is 82.2 Å². The van der Waals surface area contributed by atoms with Crippen molar-refractivity contribution in [2.24, 2.45) is 5.73 Å². The number of nitrogens with zero attached hydrogens (tertiary/aromatic N) is 1. The van der Waals surface area contributed by atoms with Crippen molar-refractivity contribution in [2.45, 2.75) is 33.2 Å². The Hall–Kier alpha value is -0.120. The number of hydrogen-bond acceptors (Lipinski definition) is 3. The van der Waals surface area contributed by atoms with Gasteiger partial charge in [-0.1, -0.05) is 6.92 Å². The van der Waals surface area contributed by atoms with Gasteiger partial charge in [0.15, 0.2) is 0 Å². The van der Waals surface area contributed by atoms with Crippen LogP contribution in [0.5, 0.6) is 0 Å². The Morgan fingerprint density at radius 2 is 2.08 bits per heavy atom. The Kier molecular flexibility index (Phi) is 8.40. The van der Waals surface area contributed by atoms with Crippen LogP contribution in [0, 0.1) is 0 Å². The molecule has 1 unspecified atom stereocenters. The van der Waals surface area contributed by atoms with Crippen molar-refractivity contribution < 1.29 is 4.74 Å². The summed E-state index contributed by atoms with van der Waals surface area (Å²) in [5.74, 6) is 0. The van der Waals surface area contributed by atoms with Crippen molar-refractivity contribution in [3.8, 4) is 0 Å². The summed E-state index contributed by atoms with van der Waals surface area (Å²) in [4.78, 5) is 2.41. The zero-order valence-corrected chi connectivity index (χ0v) is 9.25. The minimum Gasteiger partial charge on any atom is -0.380 e. The van der Waals surface area contributed by atoms with Crippen LogP contribution in [0.25, 0.3) is 0 Å². The molecule has 0 saturated heterocycles. The first kappa shape index (κ1) is 12.9. The van der Waals surface area contributed by atoms with Gasteiger partial charge in [-0.2, -0.15) is 0 Å². The molecule has 0 saturated carbocycles. The molecule has 0 heterocycles. The van der Waals surface area contributed by atoms with Crippen LogP contribution in [-0.2, 0) is 4.74 Å². The van der Waals surface area contributed by atoms with Gasteiger partial charge in [0.25, 0.3) is 0 Å². The monoisotopic (exact) mass is 188 g/mol. The van der Waals surface area contributed by atoms with Gasteiger partial charge >= 0.3 is 0 Å². The topological polar surface area (TPSA) is 38.5 Å². The summed E-state index contributed by atoms with van der Waals surface area (Å²) in [6.45, 7) is 10.9. The number of nitrogens with two attached hydrogens (primary N) is 1. The third-order valence-electron chi connectivity index (χ3n) is 2.34. The van der Waals surface area contributed by atoms with Crippen molar-refractivity contribution in [3.63, 3.8) is 0 Å². The van der Waals surface area contributed by atoms with Crippen molar-refractivity contribution in [1.29, 1.82) is 0 Å². The molecule has 3 heteroatoms. The summed E-state index contributed by atoms with van der Waals surface area (Å²) in [7, 11) is 0. The van der Waals surface area contributed by atoms with Crippen molar-refractivity contribution in [1.82, 2.24) is 4.90 Å². The first-order valence-electron chi connectivity index (χ1n) is 5.28. The SMILES string of the molecule is CCOCCN(CC)C(C)CCN. The van der Waals surface area contributed by atoms with Gasteiger partial charge in [0.1, 0.15) is 0 Å². The van der Waals surface area contributed by atoms with E-state index < -0.39 is 0 Å². The highest BCUT2D eigenvalue weighted by Gasteiger charge is 2.09. The van der Waals surface area contributed by atoms with Gasteiger partial charge in [0.05, 0.1) is 6.61 Å². The Balaban J connectivity index is 3.60. The molecule has 0 amide bonds. The van der Waals surface area contributed by atoms with Crippen LogP contribution in [0.1, 0.15) is 27.2 Å². The number of ether oxygens (including phenoxy) is 1. The van der Waals surface area contributed by atoms with E-state index in [0.29, 0.717) is 6.04 Å². The van der Waals surface area contributed by atoms with E-state index in [-0.39, 0.29) is 0 Å². The first-order chi connectivity index (χ1) is 6.26. The Bertz CT molecular complexity index is 109. The average Bonchev–Trinajstić information content (AvgIpc) is 2.13. The van der Waals surface area contributed by atoms with Crippen LogP contribution in [0.2, 0.25) is 0 Å². The summed E-state index contributed by atoms with van der Waals surface area (Å²) in [6.07, 6.45) is 1.07. The maximum atomic E-state index is 5.52. The molecular formula is C10H24N2O. The summed E-state index contributed by atoms with van der Waals surface area (Å²) in [6, 6.07) is 0.579. The standard InChI is InChI=1S/C10H24N2O/c1-4-12(8-9-13-5-2)10(3)6-7-11/h10H,4-9,11H2,1-3H3. The van der Waals surface area contributed by atoms with E-state index in [2.05, 4.69) is 18.7 Å². The van der Waals surface area contributed by atoms with E-state index in [1.807, 2.05) is 6.92 Å². The van der Waals surface area contributed by atoms with E-state index in [0.717, 1.165) is 39.3 Å². The van der Waals surface area contributed by atoms with Gasteiger partial charge in [-0.05, 0) is 33.4 Å². The molecule has 0 radical (unpaired) electrons. The molecule has 0 aromatic carbocycles. The van der Waals surface area contributed by atoms with Gasteiger partial charge < -0.3 is 10.5 Å². The normalized spacial score (nSPS) is 13.6. The van der Waals surface area contributed by atoms with E-state index in [1.54, 1.807) is 0 Å². The predicted molar refractivity (Wildman–Crippen MR) is 56.9 cm³/mol. The molecule has 0 fully saturated rings. The minimum atomic E-state index is 0.579. The maximum absolute atomic E-state index is 5.52. The second kappa shape index (κ2) is 8.48. The molecule has 3 nitrogen and oxygen atoms in total. The largest absolute Gasteiger partial charge is 0.380 e. The zero-order valence-electron chi connectivity index (χ0n) is 9.25. The van der Waals surface area contributed by atoms with Gasteiger partial charge in [-0.15, -0.1) is 0 Å². The molecule has 1 atom stereocenters. The lowest BCUT2D eigenvalue weighted by atomic mass is 10.2. The van der Waals surface area contributed by atoms with Crippen LogP contribution in [0.4, 0.5) is 0 Å². The Morgan fingerprint density at radius 3 is 2.54 bits per heavy atom.